The molecule has 2 rings (SSSR count). The molecule has 2 N–H and O–H groups in total. The Morgan fingerprint density at radius 3 is 2.52 bits per heavy atom. The summed E-state index contributed by atoms with van der Waals surface area (Å²) in [4.78, 5) is 35.8. The summed E-state index contributed by atoms with van der Waals surface area (Å²) in [5.41, 5.74) is 1.06. The highest BCUT2D eigenvalue weighted by atomic mass is 16.2. The van der Waals surface area contributed by atoms with E-state index in [9.17, 15) is 14.4 Å². The van der Waals surface area contributed by atoms with Gasteiger partial charge in [-0.25, -0.2) is 0 Å². The fraction of sp³-hybridized carbons (Fsp3) is 0.444. The average Bonchev–Trinajstić information content (AvgIpc) is 3.00. The smallest absolute Gasteiger partial charge is 0.267 e. The topological polar surface area (TPSA) is 90.9 Å². The molecule has 2 amide bonds. The second-order valence-electron chi connectivity index (χ2n) is 6.29. The molecule has 0 spiro atoms. The number of hydrogen-bond acceptors (Lipinski definition) is 5. The Hall–Kier alpha value is -2.70. The van der Waals surface area contributed by atoms with Gasteiger partial charge in [-0.3, -0.25) is 19.4 Å². The minimum atomic E-state index is -0.479. The zero-order valence-electron chi connectivity index (χ0n) is 14.8. The molecule has 0 saturated carbocycles. The molecule has 0 saturated heterocycles. The molecule has 0 fully saturated rings. The number of hydrazone groups is 1. The van der Waals surface area contributed by atoms with Crippen LogP contribution in [0.2, 0.25) is 0 Å². The lowest BCUT2D eigenvalue weighted by Crippen LogP contribution is -2.37. The van der Waals surface area contributed by atoms with Gasteiger partial charge < -0.3 is 10.6 Å². The van der Waals surface area contributed by atoms with Crippen LogP contribution < -0.4 is 15.6 Å². The molecule has 1 aromatic rings. The Morgan fingerprint density at radius 1 is 1.24 bits per heavy atom. The van der Waals surface area contributed by atoms with Gasteiger partial charge >= 0.3 is 0 Å². The van der Waals surface area contributed by atoms with Crippen molar-refractivity contribution < 1.29 is 14.4 Å². The van der Waals surface area contributed by atoms with E-state index in [2.05, 4.69) is 15.7 Å². The van der Waals surface area contributed by atoms with E-state index in [1.54, 1.807) is 5.01 Å². The van der Waals surface area contributed by atoms with E-state index in [1.165, 1.54) is 6.92 Å². The number of benzene rings is 1. The van der Waals surface area contributed by atoms with Crippen LogP contribution in [0.25, 0.3) is 0 Å². The molecule has 0 bridgehead atoms. The first-order valence-electron chi connectivity index (χ1n) is 8.38. The molecule has 1 aliphatic heterocycles. The quantitative estimate of drug-likeness (QED) is 0.779. The summed E-state index contributed by atoms with van der Waals surface area (Å²) in [5.74, 6) is -0.509. The number of nitrogens with one attached hydrogen (secondary N) is 2. The van der Waals surface area contributed by atoms with Crippen molar-refractivity contribution >= 4 is 29.0 Å². The number of anilines is 1. The molecule has 7 nitrogen and oxygen atoms in total. The van der Waals surface area contributed by atoms with Gasteiger partial charge in [0.15, 0.2) is 5.78 Å². The Bertz CT molecular complexity index is 670. The molecule has 134 valence electrons. The van der Waals surface area contributed by atoms with Gasteiger partial charge in [-0.1, -0.05) is 18.2 Å². The zero-order chi connectivity index (χ0) is 18.4. The Kier molecular flexibility index (Phi) is 6.27. The SMILES string of the molecule is CC(=O)[C@@H]1CC(C(=O)NCCC(=O)NC(C)C)=NN1c1ccccc1. The fourth-order valence-corrected chi connectivity index (χ4v) is 2.57. The molecular weight excluding hydrogens is 320 g/mol. The summed E-state index contributed by atoms with van der Waals surface area (Å²) in [5, 5.41) is 11.4. The number of amides is 2. The molecule has 1 atom stereocenters. The Morgan fingerprint density at radius 2 is 1.92 bits per heavy atom. The third-order valence-electron chi connectivity index (χ3n) is 3.75. The van der Waals surface area contributed by atoms with Gasteiger partial charge in [0, 0.05) is 25.4 Å². The van der Waals surface area contributed by atoms with Gasteiger partial charge in [0.05, 0.1) is 5.69 Å². The van der Waals surface area contributed by atoms with Crippen LogP contribution in [-0.2, 0) is 14.4 Å². The number of para-hydroxylation sites is 1. The summed E-state index contributed by atoms with van der Waals surface area (Å²) < 4.78 is 0. The van der Waals surface area contributed by atoms with E-state index in [-0.39, 0.29) is 43.0 Å². The molecular formula is C18H24N4O3. The molecule has 1 aromatic carbocycles. The van der Waals surface area contributed by atoms with Crippen molar-refractivity contribution in [3.05, 3.63) is 30.3 Å². The minimum absolute atomic E-state index is 0.0493. The van der Waals surface area contributed by atoms with Crippen molar-refractivity contribution in [3.63, 3.8) is 0 Å². The van der Waals surface area contributed by atoms with Gasteiger partial charge in [-0.2, -0.15) is 5.10 Å². The van der Waals surface area contributed by atoms with E-state index in [0.29, 0.717) is 5.71 Å². The highest BCUT2D eigenvalue weighted by Gasteiger charge is 2.33. The summed E-state index contributed by atoms with van der Waals surface area (Å²) in [6.45, 7) is 5.48. The molecule has 0 unspecified atom stereocenters. The van der Waals surface area contributed by atoms with E-state index in [4.69, 9.17) is 0 Å². The van der Waals surface area contributed by atoms with Crippen LogP contribution in [-0.4, -0.2) is 41.9 Å². The minimum Gasteiger partial charge on any atom is -0.354 e. The van der Waals surface area contributed by atoms with Crippen LogP contribution in [0, 0.1) is 0 Å². The second-order valence-corrected chi connectivity index (χ2v) is 6.29. The van der Waals surface area contributed by atoms with E-state index >= 15 is 0 Å². The first-order chi connectivity index (χ1) is 11.9. The highest BCUT2D eigenvalue weighted by Crippen LogP contribution is 2.24. The number of carbonyl (C=O) groups excluding carboxylic acids is 3. The van der Waals surface area contributed by atoms with Crippen molar-refractivity contribution in [2.24, 2.45) is 5.10 Å². The van der Waals surface area contributed by atoms with E-state index < -0.39 is 6.04 Å². The first-order valence-corrected chi connectivity index (χ1v) is 8.38. The summed E-state index contributed by atoms with van der Waals surface area (Å²) in [7, 11) is 0. The van der Waals surface area contributed by atoms with Crippen molar-refractivity contribution in [1.82, 2.24) is 10.6 Å². The number of ketones is 1. The van der Waals surface area contributed by atoms with Gasteiger partial charge in [0.25, 0.3) is 5.91 Å². The normalized spacial score (nSPS) is 16.6. The van der Waals surface area contributed by atoms with Crippen LogP contribution in [0.4, 0.5) is 5.69 Å². The van der Waals surface area contributed by atoms with Gasteiger partial charge in [0.1, 0.15) is 11.8 Å². The van der Waals surface area contributed by atoms with Crippen LogP contribution in [0.3, 0.4) is 0 Å². The molecule has 1 heterocycles. The third-order valence-corrected chi connectivity index (χ3v) is 3.75. The van der Waals surface area contributed by atoms with Crippen LogP contribution in [0.15, 0.2) is 35.4 Å². The molecule has 0 radical (unpaired) electrons. The molecule has 7 heteroatoms. The lowest BCUT2D eigenvalue weighted by molar-refractivity contribution is -0.121. The van der Waals surface area contributed by atoms with Crippen molar-refractivity contribution in [2.45, 2.75) is 45.7 Å². The van der Waals surface area contributed by atoms with E-state index in [1.807, 2.05) is 44.2 Å². The van der Waals surface area contributed by atoms with Crippen molar-refractivity contribution in [1.29, 1.82) is 0 Å². The largest absolute Gasteiger partial charge is 0.354 e. The van der Waals surface area contributed by atoms with E-state index in [0.717, 1.165) is 5.69 Å². The molecule has 1 aliphatic rings. The van der Waals surface area contributed by atoms with Gasteiger partial charge in [0.2, 0.25) is 5.91 Å². The van der Waals surface area contributed by atoms with Crippen LogP contribution in [0.5, 0.6) is 0 Å². The maximum absolute atomic E-state index is 12.3. The van der Waals surface area contributed by atoms with Crippen LogP contribution in [0.1, 0.15) is 33.6 Å². The fourth-order valence-electron chi connectivity index (χ4n) is 2.57. The summed E-state index contributed by atoms with van der Waals surface area (Å²) in [6, 6.07) is 8.86. The molecule has 0 aliphatic carbocycles. The third kappa shape index (κ3) is 5.14. The first kappa shape index (κ1) is 18.6. The van der Waals surface area contributed by atoms with Gasteiger partial charge in [-0.05, 0) is 32.9 Å². The number of carbonyl (C=O) groups is 3. The summed E-state index contributed by atoms with van der Waals surface area (Å²) in [6.07, 6.45) is 0.462. The Labute approximate surface area is 147 Å². The molecule has 25 heavy (non-hydrogen) atoms. The highest BCUT2D eigenvalue weighted by molar-refractivity contribution is 6.40. The maximum atomic E-state index is 12.3. The predicted molar refractivity (Wildman–Crippen MR) is 96.3 cm³/mol. The molecule has 0 aromatic heterocycles. The second kappa shape index (κ2) is 8.41. The van der Waals surface area contributed by atoms with Crippen molar-refractivity contribution in [2.75, 3.05) is 11.6 Å². The Balaban J connectivity index is 1.97. The van der Waals surface area contributed by atoms with Crippen LogP contribution >= 0.6 is 0 Å². The number of Topliss-reactive ketones (excluding diaryl/α,β-unsaturated/α-hetero) is 1. The number of nitrogens with zero attached hydrogens (tertiary/aromatic N) is 2. The average molecular weight is 344 g/mol. The lowest BCUT2D eigenvalue weighted by Gasteiger charge is -2.20. The number of hydrogen-bond donors (Lipinski definition) is 2. The van der Waals surface area contributed by atoms with Crippen molar-refractivity contribution in [3.8, 4) is 0 Å². The lowest BCUT2D eigenvalue weighted by atomic mass is 10.1. The maximum Gasteiger partial charge on any atom is 0.267 e. The predicted octanol–water partition coefficient (Wildman–Crippen LogP) is 1.24. The van der Waals surface area contributed by atoms with Gasteiger partial charge in [-0.15, -0.1) is 0 Å². The number of rotatable bonds is 7. The summed E-state index contributed by atoms with van der Waals surface area (Å²) >= 11 is 0. The standard InChI is InChI=1S/C18H24N4O3/c1-12(2)20-17(24)9-10-19-18(25)15-11-16(13(3)23)22(21-15)14-7-5-4-6-8-14/h4-8,12,16H,9-11H2,1-3H3,(H,19,25)(H,20,24)/t16-/m0/s1. The zero-order valence-corrected chi connectivity index (χ0v) is 14.8. The monoisotopic (exact) mass is 344 g/mol.